The van der Waals surface area contributed by atoms with E-state index < -0.39 is 0 Å². The quantitative estimate of drug-likeness (QED) is 0.303. The van der Waals surface area contributed by atoms with E-state index in [1.54, 1.807) is 4.90 Å². The first kappa shape index (κ1) is 28.8. The van der Waals surface area contributed by atoms with E-state index in [0.717, 1.165) is 42.7 Å². The van der Waals surface area contributed by atoms with E-state index in [2.05, 4.69) is 4.99 Å². The molecule has 0 saturated heterocycles. The van der Waals surface area contributed by atoms with E-state index in [0.29, 0.717) is 51.1 Å². The number of fused-ring (bicyclic) bond motifs is 1. The van der Waals surface area contributed by atoms with Crippen molar-refractivity contribution in [1.82, 2.24) is 9.80 Å². The Balaban J connectivity index is 1.44. The Morgan fingerprint density at radius 2 is 1.95 bits per heavy atom. The minimum atomic E-state index is -0.332. The summed E-state index contributed by atoms with van der Waals surface area (Å²) in [6.45, 7) is 8.14. The molecular weight excluding hydrogens is 472 g/mol. The van der Waals surface area contributed by atoms with Crippen LogP contribution in [0, 0.1) is 5.41 Å². The molecule has 1 aliphatic carbocycles. The fraction of sp³-hybridized carbons (Fsp3) is 0.679. The second-order valence-corrected chi connectivity index (χ2v) is 11.2. The Bertz CT molecular complexity index is 937. The standard InChI is InChI=1S/C28H44N4O5/c1-28(2,3)20-37-26(35)19-31-18-21-17-23(12-13-24(21)30-27(31)29)36-16-7-6-11-25(34)32(14-8-15-33)22-9-4-5-10-22/h12-13,17,22,33H,4-11,14-16,18-20H2,1-3H3,(H2,29,30). The molecule has 1 heterocycles. The van der Waals surface area contributed by atoms with Crippen molar-refractivity contribution in [2.45, 2.75) is 84.7 Å². The maximum absolute atomic E-state index is 12.8. The molecule has 3 N–H and O–H groups in total. The summed E-state index contributed by atoms with van der Waals surface area (Å²) in [6.07, 6.45) is 7.18. The summed E-state index contributed by atoms with van der Waals surface area (Å²) in [5.74, 6) is 0.878. The SMILES string of the molecule is CC(C)(C)COC(=O)CN1Cc2cc(OCCCCC(=O)N(CCCO)C3CCCC3)ccc2N=C1N. The van der Waals surface area contributed by atoms with Gasteiger partial charge in [0.2, 0.25) is 5.91 Å². The van der Waals surface area contributed by atoms with E-state index in [-0.39, 0.29) is 30.4 Å². The van der Waals surface area contributed by atoms with Gasteiger partial charge in [0.1, 0.15) is 12.3 Å². The zero-order valence-corrected chi connectivity index (χ0v) is 22.7. The number of esters is 1. The van der Waals surface area contributed by atoms with Crippen LogP contribution in [-0.2, 0) is 20.9 Å². The van der Waals surface area contributed by atoms with E-state index in [9.17, 15) is 14.7 Å². The molecule has 1 aliphatic heterocycles. The summed E-state index contributed by atoms with van der Waals surface area (Å²) in [6, 6.07) is 6.00. The second kappa shape index (κ2) is 13.7. The first-order valence-corrected chi connectivity index (χ1v) is 13.6. The van der Waals surface area contributed by atoms with Gasteiger partial charge in [0.25, 0.3) is 0 Å². The van der Waals surface area contributed by atoms with Crippen molar-refractivity contribution in [1.29, 1.82) is 0 Å². The Hall–Kier alpha value is -2.81. The molecule has 0 spiro atoms. The van der Waals surface area contributed by atoms with Crippen LogP contribution in [0.4, 0.5) is 5.69 Å². The van der Waals surface area contributed by atoms with Crippen molar-refractivity contribution >= 4 is 23.5 Å². The lowest BCUT2D eigenvalue weighted by atomic mass is 9.99. The molecule has 0 atom stereocenters. The van der Waals surface area contributed by atoms with Gasteiger partial charge in [-0.25, -0.2) is 4.99 Å². The predicted octanol–water partition coefficient (Wildman–Crippen LogP) is 3.74. The van der Waals surface area contributed by atoms with Crippen molar-refractivity contribution in [3.8, 4) is 5.75 Å². The van der Waals surface area contributed by atoms with Gasteiger partial charge in [0.15, 0.2) is 5.96 Å². The summed E-state index contributed by atoms with van der Waals surface area (Å²) in [7, 11) is 0. The average molecular weight is 517 g/mol. The van der Waals surface area contributed by atoms with Gasteiger partial charge in [-0.2, -0.15) is 0 Å². The first-order valence-electron chi connectivity index (χ1n) is 13.6. The number of nitrogens with zero attached hydrogens (tertiary/aromatic N) is 3. The molecule has 1 aromatic carbocycles. The number of aliphatic imine (C=N–C) groups is 1. The van der Waals surface area contributed by atoms with Gasteiger partial charge in [-0.05, 0) is 55.7 Å². The molecular formula is C28H44N4O5. The summed E-state index contributed by atoms with van der Waals surface area (Å²) >= 11 is 0. The van der Waals surface area contributed by atoms with Crippen LogP contribution in [0.3, 0.4) is 0 Å². The van der Waals surface area contributed by atoms with Gasteiger partial charge >= 0.3 is 5.97 Å². The second-order valence-electron chi connectivity index (χ2n) is 11.2. The molecule has 3 rings (SSSR count). The number of benzene rings is 1. The number of carbonyl (C=O) groups is 2. The third kappa shape index (κ3) is 9.22. The first-order chi connectivity index (χ1) is 17.7. The minimum absolute atomic E-state index is 0.0418. The van der Waals surface area contributed by atoms with Crippen molar-refractivity contribution in [3.05, 3.63) is 23.8 Å². The largest absolute Gasteiger partial charge is 0.494 e. The van der Waals surface area contributed by atoms with Gasteiger partial charge in [-0.15, -0.1) is 0 Å². The molecule has 1 aromatic rings. The molecule has 9 heteroatoms. The molecule has 0 bridgehead atoms. The van der Waals surface area contributed by atoms with Crippen LogP contribution in [0.25, 0.3) is 0 Å². The lowest BCUT2D eigenvalue weighted by Gasteiger charge is -2.29. The van der Waals surface area contributed by atoms with Crippen molar-refractivity contribution in [2.24, 2.45) is 16.1 Å². The number of nitrogens with two attached hydrogens (primary N) is 1. The smallest absolute Gasteiger partial charge is 0.325 e. The number of rotatable bonds is 13. The number of carbonyl (C=O) groups excluding carboxylic acids is 2. The molecule has 206 valence electrons. The zero-order valence-electron chi connectivity index (χ0n) is 22.7. The van der Waals surface area contributed by atoms with Gasteiger partial charge in [-0.3, -0.25) is 9.59 Å². The van der Waals surface area contributed by atoms with Crippen LogP contribution in [-0.4, -0.2) is 71.7 Å². The molecule has 2 aliphatic rings. The molecule has 1 fully saturated rings. The Morgan fingerprint density at radius 1 is 1.19 bits per heavy atom. The predicted molar refractivity (Wildman–Crippen MR) is 144 cm³/mol. The lowest BCUT2D eigenvalue weighted by Crippen LogP contribution is -2.42. The Kier molecular flexibility index (Phi) is 10.6. The normalized spacial score (nSPS) is 15.8. The number of guanidine groups is 1. The third-order valence-electron chi connectivity index (χ3n) is 6.65. The minimum Gasteiger partial charge on any atom is -0.494 e. The van der Waals surface area contributed by atoms with Crippen LogP contribution in [0.1, 0.15) is 77.7 Å². The highest BCUT2D eigenvalue weighted by atomic mass is 16.5. The molecule has 0 unspecified atom stereocenters. The molecule has 1 saturated carbocycles. The van der Waals surface area contributed by atoms with Crippen LogP contribution in [0.15, 0.2) is 23.2 Å². The highest BCUT2D eigenvalue weighted by molar-refractivity contribution is 5.87. The molecule has 37 heavy (non-hydrogen) atoms. The number of ether oxygens (including phenoxy) is 2. The maximum atomic E-state index is 12.8. The number of unbranched alkanes of at least 4 members (excludes halogenated alkanes) is 1. The summed E-state index contributed by atoms with van der Waals surface area (Å²) in [5, 5.41) is 9.19. The highest BCUT2D eigenvalue weighted by Crippen LogP contribution is 2.29. The summed E-state index contributed by atoms with van der Waals surface area (Å²) in [5.41, 5.74) is 7.68. The van der Waals surface area contributed by atoms with E-state index in [4.69, 9.17) is 15.2 Å². The fourth-order valence-electron chi connectivity index (χ4n) is 4.68. The van der Waals surface area contributed by atoms with Crippen molar-refractivity contribution < 1.29 is 24.2 Å². The van der Waals surface area contributed by atoms with Gasteiger partial charge < -0.3 is 30.1 Å². The Morgan fingerprint density at radius 3 is 2.65 bits per heavy atom. The number of hydrogen-bond donors (Lipinski definition) is 2. The maximum Gasteiger partial charge on any atom is 0.325 e. The third-order valence-corrected chi connectivity index (χ3v) is 6.65. The highest BCUT2D eigenvalue weighted by Gasteiger charge is 2.26. The van der Waals surface area contributed by atoms with Crippen LogP contribution in [0.2, 0.25) is 0 Å². The Labute approximate surface area is 221 Å². The van der Waals surface area contributed by atoms with E-state index in [1.165, 1.54) is 12.8 Å². The molecule has 1 amide bonds. The summed E-state index contributed by atoms with van der Waals surface area (Å²) < 4.78 is 11.3. The van der Waals surface area contributed by atoms with Gasteiger partial charge in [-0.1, -0.05) is 33.6 Å². The van der Waals surface area contributed by atoms with E-state index in [1.807, 2.05) is 43.9 Å². The molecule has 0 radical (unpaired) electrons. The average Bonchev–Trinajstić information content (AvgIpc) is 3.37. The van der Waals surface area contributed by atoms with Gasteiger partial charge in [0, 0.05) is 37.7 Å². The fourth-order valence-corrected chi connectivity index (χ4v) is 4.68. The molecule has 9 nitrogen and oxygen atoms in total. The van der Waals surface area contributed by atoms with E-state index >= 15 is 0 Å². The molecule has 0 aromatic heterocycles. The summed E-state index contributed by atoms with van der Waals surface area (Å²) in [4.78, 5) is 33.2. The van der Waals surface area contributed by atoms with Crippen molar-refractivity contribution in [2.75, 3.05) is 32.9 Å². The van der Waals surface area contributed by atoms with Crippen molar-refractivity contribution in [3.63, 3.8) is 0 Å². The topological polar surface area (TPSA) is 118 Å². The van der Waals surface area contributed by atoms with Crippen LogP contribution < -0.4 is 10.5 Å². The lowest BCUT2D eigenvalue weighted by molar-refractivity contribution is -0.146. The zero-order chi connectivity index (χ0) is 26.8. The number of hydrogen-bond acceptors (Lipinski definition) is 8. The number of amides is 1. The van der Waals surface area contributed by atoms with Crippen LogP contribution in [0.5, 0.6) is 5.75 Å². The monoisotopic (exact) mass is 516 g/mol. The number of aliphatic hydroxyl groups excluding tert-OH is 1. The van der Waals surface area contributed by atoms with Crippen LogP contribution >= 0.6 is 0 Å². The van der Waals surface area contributed by atoms with Gasteiger partial charge in [0.05, 0.1) is 18.9 Å². The number of aliphatic hydroxyl groups is 1.